The standard InChI is InChI=1S/C2H4O2.Ca.ClH.K.3H/c1-2(3)4;;;;;;/h1H3,(H,3,4);;1H;;;;. The van der Waals surface area contributed by atoms with Gasteiger partial charge in [0.1, 0.15) is 0 Å². The molecule has 0 aromatic rings. The Kier molecular flexibility index (Phi) is 51.2. The van der Waals surface area contributed by atoms with E-state index in [9.17, 15) is 0 Å². The molecule has 1 N–H and O–H groups in total. The predicted molar refractivity (Wildman–Crippen MR) is 36.3 cm³/mol. The van der Waals surface area contributed by atoms with Crippen molar-refractivity contribution in [2.45, 2.75) is 6.92 Å². The molecule has 0 heterocycles. The molecular weight excluding hydrogens is 171 g/mol. The van der Waals surface area contributed by atoms with Crippen LogP contribution in [-0.4, -0.2) is 100 Å². The minimum absolute atomic E-state index is 0. The molecule has 0 aliphatic heterocycles. The summed E-state index contributed by atoms with van der Waals surface area (Å²) >= 11 is 0. The molecule has 0 amide bonds. The van der Waals surface area contributed by atoms with Crippen molar-refractivity contribution < 1.29 is 9.90 Å². The van der Waals surface area contributed by atoms with Gasteiger partial charge in [-0.1, -0.05) is 0 Å². The van der Waals surface area contributed by atoms with Crippen LogP contribution in [0.5, 0.6) is 0 Å². The van der Waals surface area contributed by atoms with Crippen molar-refractivity contribution in [2.75, 3.05) is 0 Å². The van der Waals surface area contributed by atoms with Crippen LogP contribution in [-0.2, 0) is 4.79 Å². The number of carboxylic acid groups (broad SMARTS) is 1. The summed E-state index contributed by atoms with van der Waals surface area (Å²) in [6.45, 7) is 1.08. The van der Waals surface area contributed by atoms with Crippen molar-refractivity contribution in [3.8, 4) is 0 Å². The molecule has 0 unspecified atom stereocenters. The Labute approximate surface area is 121 Å². The van der Waals surface area contributed by atoms with Gasteiger partial charge < -0.3 is 5.11 Å². The fraction of sp³-hybridized carbons (Fsp3) is 0.500. The summed E-state index contributed by atoms with van der Waals surface area (Å²) in [5.74, 6) is -0.833. The Morgan fingerprint density at radius 2 is 1.57 bits per heavy atom. The van der Waals surface area contributed by atoms with Crippen LogP contribution in [0.2, 0.25) is 0 Å². The Balaban J connectivity index is -0.0000000150. The molecule has 0 aromatic carbocycles. The van der Waals surface area contributed by atoms with Crippen molar-refractivity contribution in [2.24, 2.45) is 0 Å². The van der Waals surface area contributed by atoms with E-state index in [-0.39, 0.29) is 102 Å². The number of hydrogen-bond acceptors (Lipinski definition) is 1. The van der Waals surface area contributed by atoms with Gasteiger partial charge >= 0.3 is 89.1 Å². The third-order valence-corrected chi connectivity index (χ3v) is 0. The first-order valence-electron chi connectivity index (χ1n) is 0.928. The third kappa shape index (κ3) is 54.4. The van der Waals surface area contributed by atoms with Crippen LogP contribution in [0.3, 0.4) is 0 Å². The third-order valence-electron chi connectivity index (χ3n) is 0. The molecule has 0 aliphatic carbocycles. The monoisotopic (exact) mass is 178 g/mol. The molecule has 0 aliphatic rings. The molecule has 0 saturated heterocycles. The molecule has 0 fully saturated rings. The second-order valence-corrected chi connectivity index (χ2v) is 0.519. The molecule has 0 saturated carbocycles. The summed E-state index contributed by atoms with van der Waals surface area (Å²) in [6, 6.07) is 0. The maximum atomic E-state index is 9.00. The quantitative estimate of drug-likeness (QED) is 0.481. The van der Waals surface area contributed by atoms with Gasteiger partial charge in [0.25, 0.3) is 5.97 Å². The molecule has 5 heteroatoms. The molecule has 0 bridgehead atoms. The molecule has 2 nitrogen and oxygen atoms in total. The van der Waals surface area contributed by atoms with Gasteiger partial charge in [0, 0.05) is 6.92 Å². The van der Waals surface area contributed by atoms with Gasteiger partial charge in [0.05, 0.1) is 0 Å². The van der Waals surface area contributed by atoms with Crippen LogP contribution in [0.1, 0.15) is 6.92 Å². The SMILES string of the molecule is CC(=O)O.Cl.[CaH2].[KH]. The van der Waals surface area contributed by atoms with Crippen LogP contribution in [0.25, 0.3) is 0 Å². The second-order valence-electron chi connectivity index (χ2n) is 0.519. The Bertz CT molecular complexity index is 38.7. The van der Waals surface area contributed by atoms with E-state index < -0.39 is 5.97 Å². The molecular formula is C2H8CaClKO2. The number of aliphatic carboxylic acids is 1. The van der Waals surface area contributed by atoms with E-state index >= 15 is 0 Å². The van der Waals surface area contributed by atoms with Gasteiger partial charge in [0.15, 0.2) is 0 Å². The summed E-state index contributed by atoms with van der Waals surface area (Å²) in [5, 5.41) is 7.42. The van der Waals surface area contributed by atoms with Gasteiger partial charge in [-0.15, -0.1) is 12.4 Å². The first-order chi connectivity index (χ1) is 1.73. The van der Waals surface area contributed by atoms with Crippen molar-refractivity contribution in [3.63, 3.8) is 0 Å². The summed E-state index contributed by atoms with van der Waals surface area (Å²) in [6.07, 6.45) is 0. The van der Waals surface area contributed by atoms with Crippen molar-refractivity contribution in [1.82, 2.24) is 0 Å². The normalized spacial score (nSPS) is 3.57. The molecule has 38 valence electrons. The molecule has 0 spiro atoms. The van der Waals surface area contributed by atoms with Crippen LogP contribution in [0.15, 0.2) is 0 Å². The van der Waals surface area contributed by atoms with Gasteiger partial charge in [-0.25, -0.2) is 0 Å². The number of rotatable bonds is 0. The fourth-order valence-corrected chi connectivity index (χ4v) is 0. The number of carbonyl (C=O) groups is 1. The van der Waals surface area contributed by atoms with E-state index in [0.717, 1.165) is 6.92 Å². The van der Waals surface area contributed by atoms with Gasteiger partial charge in [0.2, 0.25) is 0 Å². The average molecular weight is 179 g/mol. The van der Waals surface area contributed by atoms with Crippen LogP contribution in [0, 0.1) is 0 Å². The van der Waals surface area contributed by atoms with E-state index in [1.807, 2.05) is 0 Å². The van der Waals surface area contributed by atoms with Crippen LogP contribution in [0.4, 0.5) is 0 Å². The first kappa shape index (κ1) is 22.6. The van der Waals surface area contributed by atoms with Crippen molar-refractivity contribution in [1.29, 1.82) is 0 Å². The predicted octanol–water partition coefficient (Wildman–Crippen LogP) is -1.05. The Morgan fingerprint density at radius 3 is 1.57 bits per heavy atom. The van der Waals surface area contributed by atoms with E-state index in [4.69, 9.17) is 9.90 Å². The zero-order chi connectivity index (χ0) is 3.58. The topological polar surface area (TPSA) is 37.3 Å². The van der Waals surface area contributed by atoms with Crippen LogP contribution >= 0.6 is 12.4 Å². The average Bonchev–Trinajstić information content (AvgIpc) is 0.811. The molecule has 0 rings (SSSR count). The summed E-state index contributed by atoms with van der Waals surface area (Å²) in [4.78, 5) is 9.00. The fourth-order valence-electron chi connectivity index (χ4n) is 0. The van der Waals surface area contributed by atoms with Gasteiger partial charge in [-0.05, 0) is 0 Å². The zero-order valence-electron chi connectivity index (χ0n) is 2.76. The maximum absolute atomic E-state index is 9.00. The number of halogens is 1. The van der Waals surface area contributed by atoms with Crippen LogP contribution < -0.4 is 0 Å². The number of carboxylic acids is 1. The first-order valence-corrected chi connectivity index (χ1v) is 0.928. The molecule has 0 atom stereocenters. The van der Waals surface area contributed by atoms with Crippen molar-refractivity contribution >= 4 is 107 Å². The van der Waals surface area contributed by atoms with E-state index in [0.29, 0.717) is 0 Å². The van der Waals surface area contributed by atoms with Gasteiger partial charge in [-0.3, -0.25) is 4.79 Å². The van der Waals surface area contributed by atoms with E-state index in [1.165, 1.54) is 0 Å². The van der Waals surface area contributed by atoms with E-state index in [1.54, 1.807) is 0 Å². The van der Waals surface area contributed by atoms with E-state index in [2.05, 4.69) is 0 Å². The summed E-state index contributed by atoms with van der Waals surface area (Å²) in [5.41, 5.74) is 0. The summed E-state index contributed by atoms with van der Waals surface area (Å²) < 4.78 is 0. The number of hydrogen-bond donors (Lipinski definition) is 1. The minimum atomic E-state index is -0.833. The molecule has 0 radical (unpaired) electrons. The zero-order valence-corrected chi connectivity index (χ0v) is 3.58. The van der Waals surface area contributed by atoms with Crippen molar-refractivity contribution in [3.05, 3.63) is 0 Å². The second kappa shape index (κ2) is 15.9. The molecule has 0 aromatic heterocycles. The Morgan fingerprint density at radius 1 is 1.57 bits per heavy atom. The Hall–Kier alpha value is 2.66. The molecule has 7 heavy (non-hydrogen) atoms. The summed E-state index contributed by atoms with van der Waals surface area (Å²) in [7, 11) is 0. The van der Waals surface area contributed by atoms with Gasteiger partial charge in [-0.2, -0.15) is 0 Å².